The van der Waals surface area contributed by atoms with Gasteiger partial charge in [-0.2, -0.15) is 0 Å². The maximum absolute atomic E-state index is 12.5. The average Bonchev–Trinajstić information content (AvgIpc) is 2.59. The number of likely N-dealkylation sites (tertiary alicyclic amines) is 1. The highest BCUT2D eigenvalue weighted by Crippen LogP contribution is 2.25. The van der Waals surface area contributed by atoms with Crippen molar-refractivity contribution < 1.29 is 4.79 Å². The lowest BCUT2D eigenvalue weighted by Gasteiger charge is -2.31. The number of benzene rings is 1. The third-order valence-electron chi connectivity index (χ3n) is 4.93. The van der Waals surface area contributed by atoms with E-state index >= 15 is 0 Å². The molecule has 23 heavy (non-hydrogen) atoms. The van der Waals surface area contributed by atoms with Crippen molar-refractivity contribution in [2.75, 3.05) is 43.9 Å². The summed E-state index contributed by atoms with van der Waals surface area (Å²) >= 11 is 0. The number of piperidine rings is 2. The quantitative estimate of drug-likeness (QED) is 0.796. The van der Waals surface area contributed by atoms with Gasteiger partial charge in [0.25, 0.3) is 0 Å². The van der Waals surface area contributed by atoms with Crippen molar-refractivity contribution in [3.8, 4) is 0 Å². The fourth-order valence-electron chi connectivity index (χ4n) is 3.40. The van der Waals surface area contributed by atoms with E-state index in [1.54, 1.807) is 0 Å². The Morgan fingerprint density at radius 1 is 1.17 bits per heavy atom. The van der Waals surface area contributed by atoms with Crippen LogP contribution in [-0.2, 0) is 4.79 Å². The fraction of sp³-hybridized carbons (Fsp3) is 0.611. The van der Waals surface area contributed by atoms with Gasteiger partial charge in [0.2, 0.25) is 5.91 Å². The third kappa shape index (κ3) is 4.45. The number of nitrogens with zero attached hydrogens (tertiary/aromatic N) is 1. The zero-order valence-electron chi connectivity index (χ0n) is 14.0. The Kier molecular flexibility index (Phi) is 5.51. The van der Waals surface area contributed by atoms with Gasteiger partial charge in [-0.15, -0.1) is 0 Å². The van der Waals surface area contributed by atoms with Crippen molar-refractivity contribution >= 4 is 17.3 Å². The number of hydrogen-bond acceptors (Lipinski definition) is 4. The molecule has 1 amide bonds. The predicted molar refractivity (Wildman–Crippen MR) is 94.8 cm³/mol. The minimum Gasteiger partial charge on any atom is -0.381 e. The summed E-state index contributed by atoms with van der Waals surface area (Å²) < 4.78 is 0. The molecule has 0 spiro atoms. The minimum atomic E-state index is 0.0835. The highest BCUT2D eigenvalue weighted by molar-refractivity contribution is 5.95. The number of anilines is 2. The van der Waals surface area contributed by atoms with Crippen molar-refractivity contribution in [2.24, 2.45) is 5.92 Å². The molecule has 0 bridgehead atoms. The van der Waals surface area contributed by atoms with E-state index in [0.717, 1.165) is 63.2 Å². The summed E-state index contributed by atoms with van der Waals surface area (Å²) in [6.45, 7) is 4.06. The van der Waals surface area contributed by atoms with Crippen LogP contribution in [-0.4, -0.2) is 50.1 Å². The lowest BCUT2D eigenvalue weighted by molar-refractivity contribution is -0.120. The Bertz CT molecular complexity index is 520. The normalized spacial score (nSPS) is 23.4. The van der Waals surface area contributed by atoms with Gasteiger partial charge < -0.3 is 20.9 Å². The Morgan fingerprint density at radius 2 is 1.91 bits per heavy atom. The number of nitrogens with one attached hydrogen (secondary N) is 3. The number of rotatable bonds is 4. The average molecular weight is 316 g/mol. The van der Waals surface area contributed by atoms with Gasteiger partial charge in [-0.3, -0.25) is 4.79 Å². The van der Waals surface area contributed by atoms with Crippen LogP contribution in [0.1, 0.15) is 25.7 Å². The summed E-state index contributed by atoms with van der Waals surface area (Å²) in [7, 11) is 2.17. The van der Waals surface area contributed by atoms with Crippen LogP contribution in [0.25, 0.3) is 0 Å². The monoisotopic (exact) mass is 316 g/mol. The molecule has 5 nitrogen and oxygen atoms in total. The molecule has 0 aliphatic carbocycles. The molecule has 2 saturated heterocycles. The molecule has 1 atom stereocenters. The van der Waals surface area contributed by atoms with Crippen LogP contribution in [0.3, 0.4) is 0 Å². The zero-order valence-corrected chi connectivity index (χ0v) is 14.0. The Balaban J connectivity index is 1.62. The first kappa shape index (κ1) is 16.3. The topological polar surface area (TPSA) is 56.4 Å². The standard InChI is InChI=1S/C18H28N4O/c1-22-11-8-15(9-12-22)20-16-6-2-3-7-17(16)21-18(23)14-5-4-10-19-13-14/h2-3,6-7,14-15,19-20H,4-5,8-13H2,1H3,(H,21,23). The fourth-order valence-corrected chi connectivity index (χ4v) is 3.40. The zero-order chi connectivity index (χ0) is 16.1. The maximum Gasteiger partial charge on any atom is 0.228 e. The first-order valence-corrected chi connectivity index (χ1v) is 8.78. The highest BCUT2D eigenvalue weighted by atomic mass is 16.1. The highest BCUT2D eigenvalue weighted by Gasteiger charge is 2.22. The Morgan fingerprint density at radius 3 is 2.61 bits per heavy atom. The van der Waals surface area contributed by atoms with E-state index in [4.69, 9.17) is 0 Å². The van der Waals surface area contributed by atoms with E-state index in [0.29, 0.717) is 6.04 Å². The van der Waals surface area contributed by atoms with E-state index in [-0.39, 0.29) is 11.8 Å². The van der Waals surface area contributed by atoms with Crippen LogP contribution in [0, 0.1) is 5.92 Å². The number of carbonyl (C=O) groups is 1. The van der Waals surface area contributed by atoms with Crippen molar-refractivity contribution in [1.29, 1.82) is 0 Å². The molecule has 1 aromatic rings. The molecule has 2 aliphatic heterocycles. The SMILES string of the molecule is CN1CCC(Nc2ccccc2NC(=O)C2CCCNC2)CC1. The van der Waals surface area contributed by atoms with E-state index in [2.05, 4.69) is 34.0 Å². The number of carbonyl (C=O) groups excluding carboxylic acids is 1. The predicted octanol–water partition coefficient (Wildman–Crippen LogP) is 2.13. The largest absolute Gasteiger partial charge is 0.381 e. The number of hydrogen-bond donors (Lipinski definition) is 3. The van der Waals surface area contributed by atoms with Crippen LogP contribution < -0.4 is 16.0 Å². The van der Waals surface area contributed by atoms with Gasteiger partial charge in [-0.1, -0.05) is 12.1 Å². The molecule has 2 fully saturated rings. The van der Waals surface area contributed by atoms with Gasteiger partial charge >= 0.3 is 0 Å². The first-order valence-electron chi connectivity index (χ1n) is 8.78. The minimum absolute atomic E-state index is 0.0835. The molecule has 0 aromatic heterocycles. The Labute approximate surface area is 138 Å². The summed E-state index contributed by atoms with van der Waals surface area (Å²) in [6, 6.07) is 8.54. The molecule has 1 aromatic carbocycles. The summed E-state index contributed by atoms with van der Waals surface area (Å²) in [5.74, 6) is 0.218. The molecular weight excluding hydrogens is 288 g/mol. The smallest absolute Gasteiger partial charge is 0.228 e. The Hall–Kier alpha value is -1.59. The second kappa shape index (κ2) is 7.79. The van der Waals surface area contributed by atoms with Crippen LogP contribution in [0.4, 0.5) is 11.4 Å². The molecule has 5 heteroatoms. The molecule has 0 radical (unpaired) electrons. The third-order valence-corrected chi connectivity index (χ3v) is 4.93. The lowest BCUT2D eigenvalue weighted by Crippen LogP contribution is -2.38. The van der Waals surface area contributed by atoms with Gasteiger partial charge in [-0.25, -0.2) is 0 Å². The van der Waals surface area contributed by atoms with Gasteiger partial charge in [0.15, 0.2) is 0 Å². The maximum atomic E-state index is 12.5. The van der Waals surface area contributed by atoms with Crippen LogP contribution >= 0.6 is 0 Å². The molecule has 3 N–H and O–H groups in total. The molecular formula is C18H28N4O. The lowest BCUT2D eigenvalue weighted by atomic mass is 9.98. The summed E-state index contributed by atoms with van der Waals surface area (Å²) in [6.07, 6.45) is 4.34. The molecule has 2 aliphatic rings. The molecule has 1 unspecified atom stereocenters. The van der Waals surface area contributed by atoms with Crippen molar-refractivity contribution in [3.63, 3.8) is 0 Å². The van der Waals surface area contributed by atoms with Gasteiger partial charge in [0.05, 0.1) is 17.3 Å². The van der Waals surface area contributed by atoms with Crippen molar-refractivity contribution in [1.82, 2.24) is 10.2 Å². The van der Waals surface area contributed by atoms with Crippen LogP contribution in [0.2, 0.25) is 0 Å². The van der Waals surface area contributed by atoms with E-state index in [1.165, 1.54) is 0 Å². The number of para-hydroxylation sites is 2. The molecule has 126 valence electrons. The van der Waals surface area contributed by atoms with Gasteiger partial charge in [0.1, 0.15) is 0 Å². The first-order chi connectivity index (χ1) is 11.2. The summed E-state index contributed by atoms with van der Waals surface area (Å²) in [5.41, 5.74) is 1.95. The second-order valence-electron chi connectivity index (χ2n) is 6.80. The summed E-state index contributed by atoms with van der Waals surface area (Å²) in [4.78, 5) is 14.8. The van der Waals surface area contributed by atoms with Crippen molar-refractivity contribution in [3.05, 3.63) is 24.3 Å². The number of amides is 1. The molecule has 3 rings (SSSR count). The van der Waals surface area contributed by atoms with E-state index in [1.807, 2.05) is 18.2 Å². The van der Waals surface area contributed by atoms with Crippen LogP contribution in [0.15, 0.2) is 24.3 Å². The van der Waals surface area contributed by atoms with E-state index < -0.39 is 0 Å². The second-order valence-corrected chi connectivity index (χ2v) is 6.80. The van der Waals surface area contributed by atoms with Crippen molar-refractivity contribution in [2.45, 2.75) is 31.7 Å². The van der Waals surface area contributed by atoms with Gasteiger partial charge in [-0.05, 0) is 64.5 Å². The van der Waals surface area contributed by atoms with Gasteiger partial charge in [0, 0.05) is 12.6 Å². The summed E-state index contributed by atoms with van der Waals surface area (Å²) in [5, 5.41) is 10.1. The molecule has 0 saturated carbocycles. The van der Waals surface area contributed by atoms with E-state index in [9.17, 15) is 4.79 Å². The van der Waals surface area contributed by atoms with Crippen LogP contribution in [0.5, 0.6) is 0 Å². The molecule has 2 heterocycles.